The van der Waals surface area contributed by atoms with Crippen LogP contribution >= 0.6 is 15.9 Å². The van der Waals surface area contributed by atoms with E-state index in [4.69, 9.17) is 4.74 Å². The number of ether oxygens (including phenoxy) is 1. The summed E-state index contributed by atoms with van der Waals surface area (Å²) in [5.74, 6) is -1.41. The second-order valence-electron chi connectivity index (χ2n) is 5.06. The number of halogens is 1. The maximum Gasteiger partial charge on any atom is 0.355 e. The summed E-state index contributed by atoms with van der Waals surface area (Å²) in [5.41, 5.74) is 2.73. The Balaban J connectivity index is 1.82. The van der Waals surface area contributed by atoms with E-state index in [1.807, 2.05) is 19.9 Å². The van der Waals surface area contributed by atoms with Crippen LogP contribution in [0.4, 0.5) is 10.5 Å². The van der Waals surface area contributed by atoms with E-state index in [-0.39, 0.29) is 5.69 Å². The molecule has 0 aliphatic rings. The third-order valence-electron chi connectivity index (χ3n) is 3.31. The molecular formula is C16H16BrN3O4. The quantitative estimate of drug-likeness (QED) is 0.695. The predicted octanol–water partition coefficient (Wildman–Crippen LogP) is 2.90. The topological polar surface area (TPSA) is 100 Å². The van der Waals surface area contributed by atoms with Gasteiger partial charge in [-0.15, -0.1) is 0 Å². The van der Waals surface area contributed by atoms with Crippen molar-refractivity contribution in [3.05, 3.63) is 51.8 Å². The van der Waals surface area contributed by atoms with Gasteiger partial charge in [0.15, 0.2) is 6.61 Å². The zero-order valence-corrected chi connectivity index (χ0v) is 14.7. The molecule has 0 fully saturated rings. The minimum atomic E-state index is -0.725. The highest BCUT2D eigenvalue weighted by molar-refractivity contribution is 9.10. The van der Waals surface area contributed by atoms with Crippen molar-refractivity contribution in [2.45, 2.75) is 13.8 Å². The zero-order chi connectivity index (χ0) is 17.7. The second-order valence-corrected chi connectivity index (χ2v) is 5.97. The van der Waals surface area contributed by atoms with Crippen molar-refractivity contribution in [2.24, 2.45) is 0 Å². The molecular weight excluding hydrogens is 378 g/mol. The molecule has 24 heavy (non-hydrogen) atoms. The highest BCUT2D eigenvalue weighted by atomic mass is 79.9. The Morgan fingerprint density at radius 3 is 2.67 bits per heavy atom. The second kappa shape index (κ2) is 7.78. The Morgan fingerprint density at radius 2 is 2.00 bits per heavy atom. The molecule has 1 heterocycles. The van der Waals surface area contributed by atoms with Crippen molar-refractivity contribution in [2.75, 3.05) is 11.9 Å². The van der Waals surface area contributed by atoms with Crippen molar-refractivity contribution >= 4 is 39.5 Å². The molecule has 3 N–H and O–H groups in total. The number of benzene rings is 1. The van der Waals surface area contributed by atoms with Crippen LogP contribution in [0.5, 0.6) is 0 Å². The molecule has 2 aromatic rings. The fourth-order valence-electron chi connectivity index (χ4n) is 1.90. The van der Waals surface area contributed by atoms with Gasteiger partial charge in [-0.25, -0.2) is 9.59 Å². The molecule has 2 rings (SSSR count). The standard InChI is InChI=1S/C16H16BrN3O4/c1-9-4-3-5-12(10(9)2)19-16(23)20-14(21)8-24-15(22)13-6-11(17)7-18-13/h3-7,18H,8H2,1-2H3,(H2,19,20,21,23). The number of nitrogens with one attached hydrogen (secondary N) is 3. The van der Waals surface area contributed by atoms with Crippen LogP contribution in [-0.2, 0) is 9.53 Å². The van der Waals surface area contributed by atoms with Crippen LogP contribution in [0.3, 0.4) is 0 Å². The number of anilines is 1. The Labute approximate surface area is 146 Å². The maximum absolute atomic E-state index is 11.8. The lowest BCUT2D eigenvalue weighted by atomic mass is 10.1. The lowest BCUT2D eigenvalue weighted by Crippen LogP contribution is -2.37. The number of urea groups is 1. The first kappa shape index (κ1) is 17.7. The average molecular weight is 394 g/mol. The van der Waals surface area contributed by atoms with Gasteiger partial charge in [-0.3, -0.25) is 10.1 Å². The number of carbonyl (C=O) groups excluding carboxylic acids is 3. The first-order chi connectivity index (χ1) is 11.4. The van der Waals surface area contributed by atoms with Crippen LogP contribution in [0.25, 0.3) is 0 Å². The van der Waals surface area contributed by atoms with Crippen LogP contribution in [0.15, 0.2) is 34.9 Å². The summed E-state index contributed by atoms with van der Waals surface area (Å²) in [6, 6.07) is 6.29. The number of H-pyrrole nitrogens is 1. The molecule has 1 aromatic carbocycles. The Morgan fingerprint density at radius 1 is 1.25 bits per heavy atom. The smallest absolute Gasteiger partial charge is 0.355 e. The van der Waals surface area contributed by atoms with Gasteiger partial charge in [-0.1, -0.05) is 12.1 Å². The molecule has 0 atom stereocenters. The van der Waals surface area contributed by atoms with Crippen molar-refractivity contribution < 1.29 is 19.1 Å². The average Bonchev–Trinajstić information content (AvgIpc) is 2.96. The van der Waals surface area contributed by atoms with E-state index >= 15 is 0 Å². The molecule has 0 unspecified atom stereocenters. The van der Waals surface area contributed by atoms with E-state index in [1.165, 1.54) is 6.07 Å². The number of amides is 3. The first-order valence-corrected chi connectivity index (χ1v) is 7.84. The SMILES string of the molecule is Cc1cccc(NC(=O)NC(=O)COC(=O)c2cc(Br)c[nH]2)c1C. The maximum atomic E-state index is 11.8. The minimum Gasteiger partial charge on any atom is -0.451 e. The summed E-state index contributed by atoms with van der Waals surface area (Å²) in [6.07, 6.45) is 1.56. The van der Waals surface area contributed by atoms with E-state index in [1.54, 1.807) is 18.3 Å². The molecule has 0 aliphatic carbocycles. The third kappa shape index (κ3) is 4.69. The normalized spacial score (nSPS) is 10.1. The molecule has 0 saturated heterocycles. The lowest BCUT2D eigenvalue weighted by Gasteiger charge is -2.10. The van der Waals surface area contributed by atoms with E-state index in [0.29, 0.717) is 10.2 Å². The number of imide groups is 1. The van der Waals surface area contributed by atoms with Crippen LogP contribution in [0.1, 0.15) is 21.6 Å². The number of aryl methyl sites for hydroxylation is 1. The molecule has 8 heteroatoms. The number of rotatable bonds is 4. The summed E-state index contributed by atoms with van der Waals surface area (Å²) < 4.78 is 5.50. The fourth-order valence-corrected chi connectivity index (χ4v) is 2.24. The monoisotopic (exact) mass is 393 g/mol. The Hall–Kier alpha value is -2.61. The van der Waals surface area contributed by atoms with Gasteiger partial charge in [0, 0.05) is 16.4 Å². The zero-order valence-electron chi connectivity index (χ0n) is 13.1. The van der Waals surface area contributed by atoms with Gasteiger partial charge < -0.3 is 15.0 Å². The molecule has 0 aliphatic heterocycles. The summed E-state index contributed by atoms with van der Waals surface area (Å²) in [4.78, 5) is 37.8. The lowest BCUT2D eigenvalue weighted by molar-refractivity contribution is -0.123. The first-order valence-electron chi connectivity index (χ1n) is 7.05. The number of hydrogen-bond acceptors (Lipinski definition) is 4. The molecule has 1 aromatic heterocycles. The van der Waals surface area contributed by atoms with Gasteiger partial charge in [0.25, 0.3) is 5.91 Å². The molecule has 126 valence electrons. The number of esters is 1. The molecule has 0 bridgehead atoms. The van der Waals surface area contributed by atoms with Gasteiger partial charge in [0.1, 0.15) is 5.69 Å². The van der Waals surface area contributed by atoms with Crippen LogP contribution in [0, 0.1) is 13.8 Å². The number of aromatic nitrogens is 1. The van der Waals surface area contributed by atoms with Crippen LogP contribution in [0.2, 0.25) is 0 Å². The highest BCUT2D eigenvalue weighted by Gasteiger charge is 2.14. The van der Waals surface area contributed by atoms with Crippen LogP contribution < -0.4 is 10.6 Å². The number of carbonyl (C=O) groups is 3. The largest absolute Gasteiger partial charge is 0.451 e. The number of hydrogen-bond donors (Lipinski definition) is 3. The van der Waals surface area contributed by atoms with Crippen molar-refractivity contribution in [1.29, 1.82) is 0 Å². The molecule has 0 radical (unpaired) electrons. The highest BCUT2D eigenvalue weighted by Crippen LogP contribution is 2.17. The molecule has 0 spiro atoms. The Kier molecular flexibility index (Phi) is 5.75. The van der Waals surface area contributed by atoms with E-state index in [2.05, 4.69) is 31.5 Å². The van der Waals surface area contributed by atoms with Gasteiger partial charge in [-0.2, -0.15) is 0 Å². The van der Waals surface area contributed by atoms with Crippen molar-refractivity contribution in [1.82, 2.24) is 10.3 Å². The van der Waals surface area contributed by atoms with Crippen molar-refractivity contribution in [3.8, 4) is 0 Å². The molecule has 7 nitrogen and oxygen atoms in total. The van der Waals surface area contributed by atoms with E-state index in [0.717, 1.165) is 11.1 Å². The van der Waals surface area contributed by atoms with Crippen LogP contribution in [-0.4, -0.2) is 29.5 Å². The number of aromatic amines is 1. The summed E-state index contributed by atoms with van der Waals surface area (Å²) in [5, 5.41) is 4.68. The summed E-state index contributed by atoms with van der Waals surface area (Å²) >= 11 is 3.18. The van der Waals surface area contributed by atoms with Gasteiger partial charge in [-0.05, 0) is 53.0 Å². The van der Waals surface area contributed by atoms with Gasteiger partial charge in [0.2, 0.25) is 0 Å². The van der Waals surface area contributed by atoms with Crippen molar-refractivity contribution in [3.63, 3.8) is 0 Å². The van der Waals surface area contributed by atoms with Gasteiger partial charge in [0.05, 0.1) is 0 Å². The third-order valence-corrected chi connectivity index (χ3v) is 3.77. The minimum absolute atomic E-state index is 0.203. The summed E-state index contributed by atoms with van der Waals surface area (Å²) in [6.45, 7) is 3.22. The summed E-state index contributed by atoms with van der Waals surface area (Å²) in [7, 11) is 0. The Bertz CT molecular complexity index is 785. The predicted molar refractivity (Wildman–Crippen MR) is 91.9 cm³/mol. The molecule has 0 saturated carbocycles. The van der Waals surface area contributed by atoms with Gasteiger partial charge >= 0.3 is 12.0 Å². The molecule has 3 amide bonds. The van der Waals surface area contributed by atoms with E-state index < -0.39 is 24.5 Å². The van der Waals surface area contributed by atoms with E-state index in [9.17, 15) is 14.4 Å². The fraction of sp³-hybridized carbons (Fsp3) is 0.188.